The summed E-state index contributed by atoms with van der Waals surface area (Å²) in [5, 5.41) is 7.12. The maximum atomic E-state index is 6.08. The molecule has 0 bridgehead atoms. The zero-order chi connectivity index (χ0) is 20.9. The van der Waals surface area contributed by atoms with Crippen LogP contribution in [0.1, 0.15) is 29.7 Å². The molecule has 0 saturated carbocycles. The molecule has 7 nitrogen and oxygen atoms in total. The highest BCUT2D eigenvalue weighted by Crippen LogP contribution is 2.26. The fourth-order valence-electron chi connectivity index (χ4n) is 4.40. The molecule has 2 aliphatic rings. The average Bonchev–Trinajstić information content (AvgIpc) is 3.22. The van der Waals surface area contributed by atoms with Crippen LogP contribution in [-0.2, 0) is 19.6 Å². The van der Waals surface area contributed by atoms with Crippen LogP contribution in [0.2, 0.25) is 0 Å². The lowest BCUT2D eigenvalue weighted by molar-refractivity contribution is 0.0965. The minimum absolute atomic E-state index is 0.275. The fourth-order valence-corrected chi connectivity index (χ4v) is 4.40. The van der Waals surface area contributed by atoms with Gasteiger partial charge in [0.1, 0.15) is 24.2 Å². The number of ether oxygens (including phenoxy) is 2. The number of piperidine rings is 1. The first-order valence-electron chi connectivity index (χ1n) is 11.1. The van der Waals surface area contributed by atoms with Gasteiger partial charge in [0, 0.05) is 62.9 Å². The zero-order valence-corrected chi connectivity index (χ0v) is 17.7. The Morgan fingerprint density at radius 1 is 1.03 bits per heavy atom. The lowest BCUT2D eigenvalue weighted by Gasteiger charge is -2.32. The first-order valence-corrected chi connectivity index (χ1v) is 11.1. The van der Waals surface area contributed by atoms with E-state index in [1.165, 1.54) is 11.1 Å². The number of aromatic nitrogens is 3. The van der Waals surface area contributed by atoms with Gasteiger partial charge in [-0.05, 0) is 48.7 Å². The highest BCUT2D eigenvalue weighted by Gasteiger charge is 2.22. The third kappa shape index (κ3) is 5.24. The number of pyridine rings is 1. The van der Waals surface area contributed by atoms with Crippen LogP contribution in [0.25, 0.3) is 0 Å². The molecule has 1 saturated heterocycles. The molecule has 0 aliphatic carbocycles. The second-order valence-electron chi connectivity index (χ2n) is 8.37. The van der Waals surface area contributed by atoms with E-state index in [1.54, 1.807) is 18.6 Å². The van der Waals surface area contributed by atoms with Crippen molar-refractivity contribution in [3.63, 3.8) is 0 Å². The molecule has 0 unspecified atom stereocenters. The molecule has 31 heavy (non-hydrogen) atoms. The quantitative estimate of drug-likeness (QED) is 0.662. The lowest BCUT2D eigenvalue weighted by Crippen LogP contribution is -2.37. The van der Waals surface area contributed by atoms with Crippen LogP contribution in [-0.4, -0.2) is 57.3 Å². The van der Waals surface area contributed by atoms with E-state index in [2.05, 4.69) is 43.2 Å². The van der Waals surface area contributed by atoms with E-state index in [0.29, 0.717) is 6.61 Å². The normalized spacial score (nSPS) is 18.2. The zero-order valence-electron chi connectivity index (χ0n) is 17.7. The summed E-state index contributed by atoms with van der Waals surface area (Å²) in [6, 6.07) is 12.6. The first-order chi connectivity index (χ1) is 15.3. The molecule has 0 spiro atoms. The summed E-state index contributed by atoms with van der Waals surface area (Å²) in [4.78, 5) is 9.06. The van der Waals surface area contributed by atoms with Gasteiger partial charge in [-0.1, -0.05) is 6.07 Å². The van der Waals surface area contributed by atoms with Crippen LogP contribution in [0.5, 0.6) is 11.5 Å². The predicted octanol–water partition coefficient (Wildman–Crippen LogP) is 3.24. The summed E-state index contributed by atoms with van der Waals surface area (Å²) >= 11 is 0. The third-order valence-corrected chi connectivity index (χ3v) is 6.01. The summed E-state index contributed by atoms with van der Waals surface area (Å²) in [7, 11) is 0. The predicted molar refractivity (Wildman–Crippen MR) is 118 cm³/mol. The van der Waals surface area contributed by atoms with Crippen molar-refractivity contribution in [3.05, 3.63) is 71.8 Å². The molecule has 1 N–H and O–H groups in total. The number of nitrogens with one attached hydrogen (secondary N) is 1. The van der Waals surface area contributed by atoms with Crippen LogP contribution in [0.4, 0.5) is 0 Å². The maximum absolute atomic E-state index is 6.08. The van der Waals surface area contributed by atoms with Crippen molar-refractivity contribution in [3.8, 4) is 11.5 Å². The molecule has 162 valence electrons. The Bertz CT molecular complexity index is 955. The number of benzene rings is 1. The van der Waals surface area contributed by atoms with E-state index in [-0.39, 0.29) is 6.10 Å². The van der Waals surface area contributed by atoms with E-state index in [1.807, 2.05) is 18.2 Å². The van der Waals surface area contributed by atoms with Gasteiger partial charge in [0.15, 0.2) is 0 Å². The van der Waals surface area contributed by atoms with Crippen LogP contribution in [0, 0.1) is 0 Å². The molecular formula is C24H29N5O2. The number of aromatic amines is 1. The molecule has 7 heteroatoms. The van der Waals surface area contributed by atoms with Crippen molar-refractivity contribution in [2.24, 2.45) is 0 Å². The summed E-state index contributed by atoms with van der Waals surface area (Å²) in [5.74, 6) is 1.88. The van der Waals surface area contributed by atoms with Crippen LogP contribution >= 0.6 is 0 Å². The Morgan fingerprint density at radius 2 is 1.97 bits per heavy atom. The second kappa shape index (κ2) is 9.49. The van der Waals surface area contributed by atoms with Gasteiger partial charge in [0.25, 0.3) is 0 Å². The molecule has 0 radical (unpaired) electrons. The standard InChI is InChI=1S/C24H29N5O2/c1-2-23(15-25-8-1)31-22-6-10-28(11-7-22)16-19-3-4-24-20(14-19)17-29(12-13-30-24)18-21-5-9-26-27-21/h1-5,8-9,14-15,22H,6-7,10-13,16-18H2,(H,26,27). The molecule has 4 heterocycles. The average molecular weight is 420 g/mol. The van der Waals surface area contributed by atoms with Crippen LogP contribution in [0.3, 0.4) is 0 Å². The Labute approximate surface area is 183 Å². The Balaban J connectivity index is 1.17. The van der Waals surface area contributed by atoms with Gasteiger partial charge in [-0.25, -0.2) is 0 Å². The lowest BCUT2D eigenvalue weighted by atomic mass is 10.0. The van der Waals surface area contributed by atoms with Gasteiger partial charge in [-0.15, -0.1) is 0 Å². The summed E-state index contributed by atoms with van der Waals surface area (Å²) in [5.41, 5.74) is 3.75. The minimum atomic E-state index is 0.275. The van der Waals surface area contributed by atoms with Crippen molar-refractivity contribution in [1.82, 2.24) is 25.0 Å². The van der Waals surface area contributed by atoms with Crippen molar-refractivity contribution in [2.75, 3.05) is 26.2 Å². The number of H-pyrrole nitrogens is 1. The summed E-state index contributed by atoms with van der Waals surface area (Å²) in [6.45, 7) is 6.43. The van der Waals surface area contributed by atoms with Crippen LogP contribution < -0.4 is 9.47 Å². The number of likely N-dealkylation sites (tertiary alicyclic amines) is 1. The SMILES string of the molecule is c1cncc(OC2CCN(Cc3ccc4c(c3)CN(Cc3ccn[nH]3)CCO4)CC2)c1. The highest BCUT2D eigenvalue weighted by molar-refractivity contribution is 5.38. The van der Waals surface area contributed by atoms with E-state index < -0.39 is 0 Å². The molecule has 0 amide bonds. The first kappa shape index (κ1) is 20.0. The van der Waals surface area contributed by atoms with Crippen molar-refractivity contribution >= 4 is 0 Å². The number of nitrogens with zero attached hydrogens (tertiary/aromatic N) is 4. The third-order valence-electron chi connectivity index (χ3n) is 6.01. The smallest absolute Gasteiger partial charge is 0.137 e. The van der Waals surface area contributed by atoms with Crippen molar-refractivity contribution in [2.45, 2.75) is 38.6 Å². The molecular weight excluding hydrogens is 390 g/mol. The minimum Gasteiger partial charge on any atom is -0.492 e. The number of hydrogen-bond acceptors (Lipinski definition) is 6. The molecule has 2 aliphatic heterocycles. The van der Waals surface area contributed by atoms with Gasteiger partial charge in [-0.2, -0.15) is 5.10 Å². The largest absolute Gasteiger partial charge is 0.492 e. The van der Waals surface area contributed by atoms with E-state index in [4.69, 9.17) is 9.47 Å². The number of hydrogen-bond donors (Lipinski definition) is 1. The van der Waals surface area contributed by atoms with Crippen molar-refractivity contribution in [1.29, 1.82) is 0 Å². The molecule has 2 aromatic heterocycles. The molecule has 0 atom stereocenters. The van der Waals surface area contributed by atoms with Gasteiger partial charge < -0.3 is 9.47 Å². The monoisotopic (exact) mass is 419 g/mol. The van der Waals surface area contributed by atoms with Gasteiger partial charge in [-0.3, -0.25) is 19.9 Å². The van der Waals surface area contributed by atoms with E-state index in [9.17, 15) is 0 Å². The Hall–Kier alpha value is -2.90. The van der Waals surface area contributed by atoms with Crippen LogP contribution in [0.15, 0.2) is 55.0 Å². The van der Waals surface area contributed by atoms with E-state index >= 15 is 0 Å². The topological polar surface area (TPSA) is 66.5 Å². The number of rotatable bonds is 6. The molecule has 1 fully saturated rings. The Morgan fingerprint density at radius 3 is 2.77 bits per heavy atom. The van der Waals surface area contributed by atoms with Gasteiger partial charge >= 0.3 is 0 Å². The van der Waals surface area contributed by atoms with E-state index in [0.717, 1.165) is 69.3 Å². The number of fused-ring (bicyclic) bond motifs is 1. The molecule has 3 aromatic rings. The second-order valence-corrected chi connectivity index (χ2v) is 8.37. The highest BCUT2D eigenvalue weighted by atomic mass is 16.5. The summed E-state index contributed by atoms with van der Waals surface area (Å²) in [6.07, 6.45) is 7.73. The van der Waals surface area contributed by atoms with Gasteiger partial charge in [0.2, 0.25) is 0 Å². The Kier molecular flexibility index (Phi) is 6.13. The van der Waals surface area contributed by atoms with Gasteiger partial charge in [0.05, 0.1) is 6.20 Å². The summed E-state index contributed by atoms with van der Waals surface area (Å²) < 4.78 is 12.1. The molecule has 1 aromatic carbocycles. The molecule has 5 rings (SSSR count). The van der Waals surface area contributed by atoms with Crippen molar-refractivity contribution < 1.29 is 9.47 Å². The maximum Gasteiger partial charge on any atom is 0.137 e. The fraction of sp³-hybridized carbons (Fsp3) is 0.417.